The van der Waals surface area contributed by atoms with Crippen molar-refractivity contribution in [3.05, 3.63) is 0 Å². The summed E-state index contributed by atoms with van der Waals surface area (Å²) >= 11 is 0. The Morgan fingerprint density at radius 1 is 1.11 bits per heavy atom. The van der Waals surface area contributed by atoms with E-state index in [1.807, 2.05) is 0 Å². The lowest BCUT2D eigenvalue weighted by Crippen LogP contribution is -2.12. The molecule has 0 heterocycles. The van der Waals surface area contributed by atoms with Gasteiger partial charge in [-0.15, -0.1) is 0 Å². The van der Waals surface area contributed by atoms with Crippen LogP contribution in [0.25, 0.3) is 0 Å². The summed E-state index contributed by atoms with van der Waals surface area (Å²) in [5, 5.41) is 0. The van der Waals surface area contributed by atoms with Gasteiger partial charge in [0.2, 0.25) is 0 Å². The molecule has 1 nitrogen and oxygen atoms in total. The summed E-state index contributed by atoms with van der Waals surface area (Å²) in [6, 6.07) is 1.35. The van der Waals surface area contributed by atoms with Gasteiger partial charge in [-0.2, -0.15) is 0 Å². The van der Waals surface area contributed by atoms with E-state index in [4.69, 9.17) is 4.43 Å². The van der Waals surface area contributed by atoms with Gasteiger partial charge < -0.3 is 4.43 Å². The molecular weight excluding hydrogens is 144 g/mol. The van der Waals surface area contributed by atoms with Crippen LogP contribution >= 0.6 is 0 Å². The Morgan fingerprint density at radius 3 is 2.00 bits per heavy atom. The molecule has 0 radical (unpaired) electrons. The van der Waals surface area contributed by atoms with Crippen molar-refractivity contribution >= 4 is 17.8 Å². The summed E-state index contributed by atoms with van der Waals surface area (Å²) in [5.41, 5.74) is 0. The first-order valence-corrected chi connectivity index (χ1v) is 9.65. The van der Waals surface area contributed by atoms with Crippen molar-refractivity contribution in [3.8, 4) is 0 Å². The molecule has 0 aromatic rings. The molecule has 0 unspecified atom stereocenters. The molecule has 56 valence electrons. The smallest absolute Gasteiger partial charge is 0.170 e. The summed E-state index contributed by atoms with van der Waals surface area (Å²) in [7, 11) is -1.04. The molecule has 9 heavy (non-hydrogen) atoms. The number of hydrogen-bond acceptors (Lipinski definition) is 1. The highest BCUT2D eigenvalue weighted by atomic mass is 28.3. The standard InChI is InChI=1S/C6H18OSi2/c1-8(2)6-5-7-9(3)4/h8-9H,5-6H2,1-4H3. The van der Waals surface area contributed by atoms with Crippen molar-refractivity contribution in [3.63, 3.8) is 0 Å². The fraction of sp³-hybridized carbons (Fsp3) is 1.00. The second kappa shape index (κ2) is 5.20. The summed E-state index contributed by atoms with van der Waals surface area (Å²) in [5.74, 6) is 0. The van der Waals surface area contributed by atoms with Crippen LogP contribution in [0, 0.1) is 0 Å². The zero-order chi connectivity index (χ0) is 7.28. The molecule has 0 aliphatic heterocycles. The monoisotopic (exact) mass is 162 g/mol. The first-order valence-electron chi connectivity index (χ1n) is 3.74. The summed E-state index contributed by atoms with van der Waals surface area (Å²) in [4.78, 5) is 0. The first kappa shape index (κ1) is 9.39. The van der Waals surface area contributed by atoms with Crippen molar-refractivity contribution in [1.82, 2.24) is 0 Å². The van der Waals surface area contributed by atoms with E-state index in [1.54, 1.807) is 0 Å². The van der Waals surface area contributed by atoms with Crippen molar-refractivity contribution in [2.24, 2.45) is 0 Å². The average Bonchev–Trinajstić information content (AvgIpc) is 1.63. The Labute approximate surface area is 61.8 Å². The van der Waals surface area contributed by atoms with Gasteiger partial charge in [-0.1, -0.05) is 13.1 Å². The SMILES string of the molecule is C[SiH](C)CCO[SiH](C)C. The lowest BCUT2D eigenvalue weighted by molar-refractivity contribution is 0.349. The van der Waals surface area contributed by atoms with Crippen LogP contribution in [-0.4, -0.2) is 24.4 Å². The predicted molar refractivity (Wildman–Crippen MR) is 48.5 cm³/mol. The maximum absolute atomic E-state index is 5.53. The molecule has 0 saturated heterocycles. The highest BCUT2D eigenvalue weighted by Gasteiger charge is 1.97. The van der Waals surface area contributed by atoms with Crippen LogP contribution in [0.1, 0.15) is 0 Å². The molecule has 0 amide bonds. The number of hydrogen-bond donors (Lipinski definition) is 0. The molecule has 0 atom stereocenters. The topological polar surface area (TPSA) is 9.23 Å². The number of rotatable bonds is 4. The van der Waals surface area contributed by atoms with Gasteiger partial charge in [0.15, 0.2) is 9.04 Å². The molecule has 0 aliphatic carbocycles. The van der Waals surface area contributed by atoms with Crippen LogP contribution in [0.4, 0.5) is 0 Å². The fourth-order valence-electron chi connectivity index (χ4n) is 0.539. The van der Waals surface area contributed by atoms with Crippen LogP contribution < -0.4 is 0 Å². The third-order valence-corrected chi connectivity index (χ3v) is 3.44. The van der Waals surface area contributed by atoms with Gasteiger partial charge in [-0.05, 0) is 19.1 Å². The van der Waals surface area contributed by atoms with E-state index in [0.29, 0.717) is 0 Å². The van der Waals surface area contributed by atoms with Gasteiger partial charge in [0.1, 0.15) is 0 Å². The van der Waals surface area contributed by atoms with Crippen LogP contribution in [0.3, 0.4) is 0 Å². The molecule has 0 saturated carbocycles. The van der Waals surface area contributed by atoms with Crippen LogP contribution in [0.5, 0.6) is 0 Å². The maximum atomic E-state index is 5.53. The van der Waals surface area contributed by atoms with Gasteiger partial charge in [-0.3, -0.25) is 0 Å². The molecule has 0 bridgehead atoms. The van der Waals surface area contributed by atoms with E-state index in [2.05, 4.69) is 26.2 Å². The van der Waals surface area contributed by atoms with E-state index >= 15 is 0 Å². The Hall–Kier alpha value is 0.394. The molecule has 0 fully saturated rings. The van der Waals surface area contributed by atoms with Gasteiger partial charge in [0.05, 0.1) is 0 Å². The van der Waals surface area contributed by atoms with Gasteiger partial charge in [0, 0.05) is 15.4 Å². The second-order valence-corrected chi connectivity index (χ2v) is 8.90. The van der Waals surface area contributed by atoms with E-state index in [9.17, 15) is 0 Å². The Balaban J connectivity index is 2.91. The highest BCUT2D eigenvalue weighted by Crippen LogP contribution is 1.93. The minimum absolute atomic E-state index is 0.332. The normalized spacial score (nSPS) is 11.3. The lowest BCUT2D eigenvalue weighted by atomic mass is 10.9. The third kappa shape index (κ3) is 8.39. The van der Waals surface area contributed by atoms with Gasteiger partial charge in [-0.25, -0.2) is 0 Å². The lowest BCUT2D eigenvalue weighted by Gasteiger charge is -2.06. The first-order chi connectivity index (χ1) is 4.13. The maximum Gasteiger partial charge on any atom is 0.170 e. The van der Waals surface area contributed by atoms with Crippen molar-refractivity contribution in [1.29, 1.82) is 0 Å². The predicted octanol–water partition coefficient (Wildman–Crippen LogP) is 1.47. The fourth-order valence-corrected chi connectivity index (χ4v) is 2.03. The average molecular weight is 162 g/mol. The Kier molecular flexibility index (Phi) is 5.43. The molecule has 0 rings (SSSR count). The molecule has 0 aromatic heterocycles. The molecule has 0 aliphatic rings. The molecule has 0 spiro atoms. The highest BCUT2D eigenvalue weighted by molar-refractivity contribution is 6.55. The van der Waals surface area contributed by atoms with Crippen LogP contribution in [0.15, 0.2) is 0 Å². The Bertz CT molecular complexity index is 56.1. The van der Waals surface area contributed by atoms with Crippen molar-refractivity contribution in [2.45, 2.75) is 32.2 Å². The zero-order valence-electron chi connectivity index (χ0n) is 6.98. The Morgan fingerprint density at radius 2 is 1.67 bits per heavy atom. The molecule has 3 heteroatoms. The van der Waals surface area contributed by atoms with E-state index in [-0.39, 0.29) is 8.80 Å². The summed E-state index contributed by atoms with van der Waals surface area (Å²) in [6.07, 6.45) is 0. The van der Waals surface area contributed by atoms with Crippen LogP contribution in [-0.2, 0) is 4.43 Å². The minimum Gasteiger partial charge on any atom is -0.421 e. The van der Waals surface area contributed by atoms with Crippen molar-refractivity contribution in [2.75, 3.05) is 6.61 Å². The molecular formula is C6H18OSi2. The molecule has 0 aromatic carbocycles. The van der Waals surface area contributed by atoms with Crippen LogP contribution in [0.2, 0.25) is 32.2 Å². The zero-order valence-corrected chi connectivity index (χ0v) is 9.29. The summed E-state index contributed by atoms with van der Waals surface area (Å²) < 4.78 is 5.53. The largest absolute Gasteiger partial charge is 0.421 e. The van der Waals surface area contributed by atoms with E-state index < -0.39 is 9.04 Å². The minimum atomic E-state index is -0.707. The van der Waals surface area contributed by atoms with Gasteiger partial charge >= 0.3 is 0 Å². The molecule has 0 N–H and O–H groups in total. The van der Waals surface area contributed by atoms with Gasteiger partial charge in [0.25, 0.3) is 0 Å². The quantitative estimate of drug-likeness (QED) is 0.569. The van der Waals surface area contributed by atoms with E-state index in [1.165, 1.54) is 6.04 Å². The summed E-state index contributed by atoms with van der Waals surface area (Å²) in [6.45, 7) is 10.2. The third-order valence-electron chi connectivity index (χ3n) is 1.15. The second-order valence-electron chi connectivity index (χ2n) is 3.10. The van der Waals surface area contributed by atoms with E-state index in [0.717, 1.165) is 6.61 Å². The van der Waals surface area contributed by atoms with Crippen molar-refractivity contribution < 1.29 is 4.43 Å².